The Bertz CT molecular complexity index is 764. The Hall–Kier alpha value is -1.59. The molecule has 2 saturated heterocycles. The van der Waals surface area contributed by atoms with Gasteiger partial charge in [-0.2, -0.15) is 0 Å². The predicted octanol–water partition coefficient (Wildman–Crippen LogP) is 3.35. The summed E-state index contributed by atoms with van der Waals surface area (Å²) < 4.78 is 0. The molecule has 0 aromatic heterocycles. The molecule has 2 heterocycles. The third-order valence-electron chi connectivity index (χ3n) is 7.25. The Labute approximate surface area is 178 Å². The number of nitrogens with zero attached hydrogens (tertiary/aromatic N) is 2. The van der Waals surface area contributed by atoms with Crippen LogP contribution in [0.5, 0.6) is 0 Å². The van der Waals surface area contributed by atoms with Crippen LogP contribution in [0.3, 0.4) is 0 Å². The molecule has 0 unspecified atom stereocenters. The highest BCUT2D eigenvalue weighted by atomic mass is 35.5. The number of nitrogens with one attached hydrogen (secondary N) is 1. The lowest BCUT2D eigenvalue weighted by Gasteiger charge is -2.32. The van der Waals surface area contributed by atoms with Gasteiger partial charge in [-0.25, -0.2) is 0 Å². The molecule has 1 saturated carbocycles. The predicted molar refractivity (Wildman–Crippen MR) is 115 cm³/mol. The van der Waals surface area contributed by atoms with E-state index in [-0.39, 0.29) is 17.9 Å². The molecule has 2 aliphatic heterocycles. The Morgan fingerprint density at radius 1 is 1.24 bits per heavy atom. The summed E-state index contributed by atoms with van der Waals surface area (Å²) in [6.07, 6.45) is 8.56. The van der Waals surface area contributed by atoms with Crippen molar-refractivity contribution in [3.8, 4) is 0 Å². The molecule has 1 aromatic rings. The van der Waals surface area contributed by atoms with E-state index in [2.05, 4.69) is 17.3 Å². The monoisotopic (exact) mass is 417 g/mol. The maximum Gasteiger partial charge on any atom is 0.232 e. The summed E-state index contributed by atoms with van der Waals surface area (Å²) in [6.45, 7) is 1.91. The van der Waals surface area contributed by atoms with Gasteiger partial charge in [0, 0.05) is 43.2 Å². The van der Waals surface area contributed by atoms with Gasteiger partial charge in [-0.15, -0.1) is 0 Å². The molecule has 1 aromatic carbocycles. The molecule has 2 atom stereocenters. The van der Waals surface area contributed by atoms with Gasteiger partial charge in [0.15, 0.2) is 0 Å². The van der Waals surface area contributed by atoms with Crippen LogP contribution in [0.1, 0.15) is 56.9 Å². The summed E-state index contributed by atoms with van der Waals surface area (Å²) in [7, 11) is 2.16. The molecule has 0 bridgehead atoms. The van der Waals surface area contributed by atoms with E-state index < -0.39 is 5.41 Å². The standard InChI is InChI=1S/C23H32ClN3O2/c1-26(17-7-3-2-4-8-17)14-13-25-22(29)23(19-9-5-6-10-20(19)24)15-18-11-12-21(28)27(18)16-23/h5-6,9-10,17-18H,2-4,7-8,11-16H2,1H3,(H,25,29)/t18-,23+/m0/s1. The third-order valence-corrected chi connectivity index (χ3v) is 7.58. The van der Waals surface area contributed by atoms with E-state index in [0.717, 1.165) is 18.5 Å². The normalized spacial score (nSPS) is 27.5. The van der Waals surface area contributed by atoms with E-state index in [1.54, 1.807) is 0 Å². The summed E-state index contributed by atoms with van der Waals surface area (Å²) in [4.78, 5) is 30.1. The zero-order chi connectivity index (χ0) is 20.4. The van der Waals surface area contributed by atoms with E-state index in [1.807, 2.05) is 29.2 Å². The molecule has 29 heavy (non-hydrogen) atoms. The molecule has 6 heteroatoms. The highest BCUT2D eigenvalue weighted by Gasteiger charge is 2.54. The van der Waals surface area contributed by atoms with Gasteiger partial charge >= 0.3 is 0 Å². The highest BCUT2D eigenvalue weighted by Crippen LogP contribution is 2.45. The van der Waals surface area contributed by atoms with Crippen molar-refractivity contribution in [2.24, 2.45) is 0 Å². The van der Waals surface area contributed by atoms with Crippen LogP contribution in [0.4, 0.5) is 0 Å². The Morgan fingerprint density at radius 3 is 2.72 bits per heavy atom. The minimum atomic E-state index is -0.748. The topological polar surface area (TPSA) is 52.7 Å². The quantitative estimate of drug-likeness (QED) is 0.772. The number of hydrogen-bond acceptors (Lipinski definition) is 3. The second kappa shape index (κ2) is 8.65. The van der Waals surface area contributed by atoms with Crippen LogP contribution < -0.4 is 5.32 Å². The Balaban J connectivity index is 1.46. The van der Waals surface area contributed by atoms with Gasteiger partial charge in [-0.05, 0) is 44.4 Å². The lowest BCUT2D eigenvalue weighted by Crippen LogP contribution is -2.49. The highest BCUT2D eigenvalue weighted by molar-refractivity contribution is 6.31. The second-order valence-electron chi connectivity index (χ2n) is 9.01. The number of amides is 2. The summed E-state index contributed by atoms with van der Waals surface area (Å²) in [6, 6.07) is 8.38. The molecule has 2 amide bonds. The largest absolute Gasteiger partial charge is 0.354 e. The van der Waals surface area contributed by atoms with Crippen LogP contribution in [0.15, 0.2) is 24.3 Å². The number of benzene rings is 1. The summed E-state index contributed by atoms with van der Waals surface area (Å²) >= 11 is 6.53. The van der Waals surface area contributed by atoms with E-state index >= 15 is 0 Å². The van der Waals surface area contributed by atoms with Gasteiger partial charge in [-0.3, -0.25) is 9.59 Å². The number of halogens is 1. The van der Waals surface area contributed by atoms with E-state index in [9.17, 15) is 9.59 Å². The number of likely N-dealkylation sites (N-methyl/N-ethyl adjacent to an activating group) is 1. The molecule has 1 aliphatic carbocycles. The molecule has 158 valence electrons. The van der Waals surface area contributed by atoms with Crippen LogP contribution in [0.25, 0.3) is 0 Å². The molecule has 0 radical (unpaired) electrons. The number of fused-ring (bicyclic) bond motifs is 1. The van der Waals surface area contributed by atoms with Crippen molar-refractivity contribution < 1.29 is 9.59 Å². The van der Waals surface area contributed by atoms with Crippen molar-refractivity contribution in [1.82, 2.24) is 15.1 Å². The smallest absolute Gasteiger partial charge is 0.232 e. The number of rotatable bonds is 6. The van der Waals surface area contributed by atoms with Crippen molar-refractivity contribution in [3.05, 3.63) is 34.9 Å². The summed E-state index contributed by atoms with van der Waals surface area (Å²) in [5.41, 5.74) is 0.102. The Morgan fingerprint density at radius 2 is 2.00 bits per heavy atom. The van der Waals surface area contributed by atoms with Crippen molar-refractivity contribution >= 4 is 23.4 Å². The first-order valence-corrected chi connectivity index (χ1v) is 11.4. The third kappa shape index (κ3) is 4.04. The Kier molecular flexibility index (Phi) is 6.16. The second-order valence-corrected chi connectivity index (χ2v) is 9.42. The van der Waals surface area contributed by atoms with Crippen LogP contribution in [0, 0.1) is 0 Å². The van der Waals surface area contributed by atoms with Gasteiger partial charge < -0.3 is 15.1 Å². The number of hydrogen-bond donors (Lipinski definition) is 1. The lowest BCUT2D eigenvalue weighted by atomic mass is 9.76. The zero-order valence-corrected chi connectivity index (χ0v) is 18.1. The molecular formula is C23H32ClN3O2. The molecule has 3 aliphatic rings. The number of carbonyl (C=O) groups is 2. The zero-order valence-electron chi connectivity index (χ0n) is 17.3. The van der Waals surface area contributed by atoms with Crippen molar-refractivity contribution in [3.63, 3.8) is 0 Å². The van der Waals surface area contributed by atoms with Crippen LogP contribution in [0.2, 0.25) is 5.02 Å². The van der Waals surface area contributed by atoms with Gasteiger partial charge in [0.1, 0.15) is 0 Å². The molecule has 5 nitrogen and oxygen atoms in total. The van der Waals surface area contributed by atoms with Gasteiger partial charge in [-0.1, -0.05) is 49.1 Å². The maximum atomic E-state index is 13.5. The van der Waals surface area contributed by atoms with Gasteiger partial charge in [0.2, 0.25) is 11.8 Å². The van der Waals surface area contributed by atoms with Crippen molar-refractivity contribution in [2.45, 2.75) is 68.9 Å². The molecule has 4 rings (SSSR count). The van der Waals surface area contributed by atoms with Crippen LogP contribution in [-0.4, -0.2) is 60.4 Å². The lowest BCUT2D eigenvalue weighted by molar-refractivity contribution is -0.129. The molecular weight excluding hydrogens is 386 g/mol. The first-order valence-electron chi connectivity index (χ1n) is 11.0. The fraction of sp³-hybridized carbons (Fsp3) is 0.652. The number of carbonyl (C=O) groups excluding carboxylic acids is 2. The summed E-state index contributed by atoms with van der Waals surface area (Å²) in [5, 5.41) is 3.80. The minimum Gasteiger partial charge on any atom is -0.354 e. The summed E-state index contributed by atoms with van der Waals surface area (Å²) in [5.74, 6) is 0.165. The SMILES string of the molecule is CN(CCNC(=O)[C@]1(c2ccccc2Cl)C[C@@H]2CCC(=O)N2C1)C1CCCCC1. The van der Waals surface area contributed by atoms with Crippen LogP contribution in [-0.2, 0) is 15.0 Å². The maximum absolute atomic E-state index is 13.5. The minimum absolute atomic E-state index is 0.00449. The molecule has 0 spiro atoms. The van der Waals surface area contributed by atoms with Crippen molar-refractivity contribution in [1.29, 1.82) is 0 Å². The first kappa shape index (κ1) is 20.7. The average Bonchev–Trinajstić information content (AvgIpc) is 3.28. The van der Waals surface area contributed by atoms with Crippen molar-refractivity contribution in [2.75, 3.05) is 26.7 Å². The molecule has 1 N–H and O–H groups in total. The van der Waals surface area contributed by atoms with E-state index in [1.165, 1.54) is 32.1 Å². The average molecular weight is 418 g/mol. The fourth-order valence-corrected chi connectivity index (χ4v) is 5.85. The van der Waals surface area contributed by atoms with Gasteiger partial charge in [0.05, 0.1) is 5.41 Å². The van der Waals surface area contributed by atoms with E-state index in [0.29, 0.717) is 37.0 Å². The molecule has 3 fully saturated rings. The van der Waals surface area contributed by atoms with Gasteiger partial charge in [0.25, 0.3) is 0 Å². The fourth-order valence-electron chi connectivity index (χ4n) is 5.53. The van der Waals surface area contributed by atoms with Crippen LogP contribution >= 0.6 is 11.6 Å². The first-order chi connectivity index (χ1) is 14.0. The van der Waals surface area contributed by atoms with E-state index in [4.69, 9.17) is 11.6 Å².